The molecule has 0 aliphatic carbocycles. The Balaban J connectivity index is 2.79. The molecule has 88 valence electrons. The lowest BCUT2D eigenvalue weighted by atomic mass is 10.2. The van der Waals surface area contributed by atoms with Gasteiger partial charge < -0.3 is 5.11 Å². The Labute approximate surface area is 97.5 Å². The minimum absolute atomic E-state index is 0.337. The molecule has 7 heteroatoms. The Hall–Kier alpha value is -1.01. The highest BCUT2D eigenvalue weighted by Gasteiger charge is 2.45. The number of carbonyl (C=O) groups is 1. The van der Waals surface area contributed by atoms with Gasteiger partial charge in [0, 0.05) is 5.02 Å². The van der Waals surface area contributed by atoms with E-state index in [4.69, 9.17) is 16.7 Å². The molecule has 1 rings (SSSR count). The van der Waals surface area contributed by atoms with Crippen molar-refractivity contribution >= 4 is 28.4 Å². The van der Waals surface area contributed by atoms with E-state index in [9.17, 15) is 17.8 Å². The van der Waals surface area contributed by atoms with Gasteiger partial charge in [-0.25, -0.2) is 4.79 Å². The highest BCUT2D eigenvalue weighted by atomic mass is 35.5. The van der Waals surface area contributed by atoms with Crippen LogP contribution >= 0.6 is 11.6 Å². The Morgan fingerprint density at radius 2 is 1.88 bits per heavy atom. The minimum atomic E-state index is -4.24. The van der Waals surface area contributed by atoms with Crippen molar-refractivity contribution in [3.63, 3.8) is 0 Å². The second kappa shape index (κ2) is 4.88. The molecular formula is C9H7ClF2O3S. The Morgan fingerprint density at radius 3 is 2.31 bits per heavy atom. The molecule has 3 nitrogen and oxygen atoms in total. The predicted octanol–water partition coefficient (Wildman–Crippen LogP) is 2.27. The molecule has 0 saturated carbocycles. The van der Waals surface area contributed by atoms with E-state index in [1.165, 1.54) is 24.3 Å². The molecule has 0 saturated heterocycles. The molecule has 0 aromatic heterocycles. The lowest BCUT2D eigenvalue weighted by Gasteiger charge is -2.10. The van der Waals surface area contributed by atoms with E-state index in [-0.39, 0.29) is 0 Å². The third kappa shape index (κ3) is 2.99. The molecule has 0 fully saturated rings. The highest BCUT2D eigenvalue weighted by molar-refractivity contribution is 7.86. The lowest BCUT2D eigenvalue weighted by molar-refractivity contribution is -0.153. The number of halogens is 3. The molecule has 0 spiro atoms. The molecule has 0 bridgehead atoms. The first-order valence-electron chi connectivity index (χ1n) is 4.08. The average molecular weight is 269 g/mol. The molecule has 16 heavy (non-hydrogen) atoms. The maximum absolute atomic E-state index is 12.8. The van der Waals surface area contributed by atoms with E-state index in [1.54, 1.807) is 0 Å². The fraction of sp³-hybridized carbons (Fsp3) is 0.222. The van der Waals surface area contributed by atoms with Crippen molar-refractivity contribution < 1.29 is 22.9 Å². The predicted molar refractivity (Wildman–Crippen MR) is 55.9 cm³/mol. The van der Waals surface area contributed by atoms with Gasteiger partial charge in [-0.15, -0.1) is 0 Å². The van der Waals surface area contributed by atoms with E-state index < -0.39 is 27.8 Å². The Bertz CT molecular complexity index is 419. The number of carboxylic acid groups (broad SMARTS) is 1. The largest absolute Gasteiger partial charge is 0.476 e. The zero-order chi connectivity index (χ0) is 12.3. The first kappa shape index (κ1) is 13.1. The number of hydrogen-bond donors (Lipinski definition) is 1. The van der Waals surface area contributed by atoms with Gasteiger partial charge in [0.1, 0.15) is 10.8 Å². The maximum Gasteiger partial charge on any atom is 0.415 e. The van der Waals surface area contributed by atoms with Crippen molar-refractivity contribution in [3.05, 3.63) is 34.9 Å². The summed E-state index contributed by atoms with van der Waals surface area (Å²) >= 11 is 5.57. The second-order valence-corrected chi connectivity index (χ2v) is 4.87. The van der Waals surface area contributed by atoms with Crippen LogP contribution < -0.4 is 0 Å². The van der Waals surface area contributed by atoms with Gasteiger partial charge in [0.2, 0.25) is 0 Å². The van der Waals surface area contributed by atoms with Crippen LogP contribution in [0.25, 0.3) is 0 Å². The zero-order valence-electron chi connectivity index (χ0n) is 7.82. The van der Waals surface area contributed by atoms with Gasteiger partial charge in [-0.05, 0) is 17.7 Å². The third-order valence-corrected chi connectivity index (χ3v) is 3.34. The van der Waals surface area contributed by atoms with Crippen LogP contribution in [0.15, 0.2) is 24.3 Å². The Kier molecular flexibility index (Phi) is 3.98. The topological polar surface area (TPSA) is 54.4 Å². The third-order valence-electron chi connectivity index (χ3n) is 1.75. The fourth-order valence-electron chi connectivity index (χ4n) is 0.920. The number of rotatable bonds is 4. The molecule has 1 N–H and O–H groups in total. The van der Waals surface area contributed by atoms with Crippen LogP contribution in [-0.2, 0) is 21.3 Å². The lowest BCUT2D eigenvalue weighted by Crippen LogP contribution is -2.34. The Morgan fingerprint density at radius 1 is 1.38 bits per heavy atom. The van der Waals surface area contributed by atoms with Crippen molar-refractivity contribution in [2.45, 2.75) is 11.0 Å². The average Bonchev–Trinajstić information content (AvgIpc) is 2.21. The van der Waals surface area contributed by atoms with Gasteiger partial charge in [0.25, 0.3) is 0 Å². The zero-order valence-corrected chi connectivity index (χ0v) is 9.39. The van der Waals surface area contributed by atoms with Crippen molar-refractivity contribution in [2.75, 3.05) is 0 Å². The van der Waals surface area contributed by atoms with Crippen LogP contribution in [-0.4, -0.2) is 20.5 Å². The van der Waals surface area contributed by atoms with E-state index in [2.05, 4.69) is 0 Å². The summed E-state index contributed by atoms with van der Waals surface area (Å²) in [6, 6.07) is 5.73. The van der Waals surface area contributed by atoms with Crippen LogP contribution in [0.4, 0.5) is 8.78 Å². The van der Waals surface area contributed by atoms with Gasteiger partial charge >= 0.3 is 11.2 Å². The van der Waals surface area contributed by atoms with Gasteiger partial charge in [-0.3, -0.25) is 4.21 Å². The minimum Gasteiger partial charge on any atom is -0.476 e. The van der Waals surface area contributed by atoms with E-state index in [0.717, 1.165) is 0 Å². The molecule has 1 atom stereocenters. The quantitative estimate of drug-likeness (QED) is 0.911. The van der Waals surface area contributed by atoms with E-state index >= 15 is 0 Å². The van der Waals surface area contributed by atoms with Gasteiger partial charge in [0.05, 0.1) is 5.75 Å². The summed E-state index contributed by atoms with van der Waals surface area (Å²) in [6.45, 7) is 0. The molecule has 0 radical (unpaired) electrons. The SMILES string of the molecule is O=C(O)C(F)(F)S(=O)Cc1ccc(Cl)cc1. The molecule has 0 aliphatic rings. The first-order valence-corrected chi connectivity index (χ1v) is 5.78. The second-order valence-electron chi connectivity index (χ2n) is 2.94. The van der Waals surface area contributed by atoms with Crippen molar-refractivity contribution in [1.82, 2.24) is 0 Å². The maximum atomic E-state index is 12.8. The number of benzene rings is 1. The van der Waals surface area contributed by atoms with Crippen LogP contribution in [0.5, 0.6) is 0 Å². The van der Waals surface area contributed by atoms with Crippen molar-refractivity contribution in [2.24, 2.45) is 0 Å². The molecular weight excluding hydrogens is 262 g/mol. The van der Waals surface area contributed by atoms with Gasteiger partial charge in [-0.2, -0.15) is 8.78 Å². The molecule has 1 aromatic carbocycles. The summed E-state index contributed by atoms with van der Waals surface area (Å²) in [7, 11) is -2.79. The molecule has 0 amide bonds. The summed E-state index contributed by atoms with van der Waals surface area (Å²) in [5.74, 6) is -2.92. The number of carboxylic acids is 1. The number of hydrogen-bond acceptors (Lipinski definition) is 2. The van der Waals surface area contributed by atoms with Crippen LogP contribution in [0.1, 0.15) is 5.56 Å². The summed E-state index contributed by atoms with van der Waals surface area (Å²) in [5, 5.41) is 4.35. The molecule has 1 unspecified atom stereocenters. The molecule has 1 aromatic rings. The highest BCUT2D eigenvalue weighted by Crippen LogP contribution is 2.22. The number of alkyl halides is 2. The van der Waals surface area contributed by atoms with Crippen molar-refractivity contribution in [1.29, 1.82) is 0 Å². The summed E-state index contributed by atoms with van der Waals surface area (Å²) in [5.41, 5.74) is 0.337. The monoisotopic (exact) mass is 268 g/mol. The summed E-state index contributed by atoms with van der Waals surface area (Å²) in [6.07, 6.45) is 0. The van der Waals surface area contributed by atoms with Crippen LogP contribution in [0.2, 0.25) is 5.02 Å². The summed E-state index contributed by atoms with van der Waals surface area (Å²) in [4.78, 5) is 10.1. The fourth-order valence-corrected chi connectivity index (χ4v) is 1.92. The molecule has 0 aliphatic heterocycles. The van der Waals surface area contributed by atoms with Crippen LogP contribution in [0.3, 0.4) is 0 Å². The smallest absolute Gasteiger partial charge is 0.415 e. The van der Waals surface area contributed by atoms with Gasteiger partial charge in [0.15, 0.2) is 0 Å². The standard InChI is InChI=1S/C9H7ClF2O3S/c10-7-3-1-6(2-4-7)5-16(15)9(11,12)8(13)14/h1-4H,5H2,(H,13,14). The van der Waals surface area contributed by atoms with E-state index in [0.29, 0.717) is 10.6 Å². The normalized spacial score (nSPS) is 13.4. The van der Waals surface area contributed by atoms with Crippen LogP contribution in [0, 0.1) is 0 Å². The number of aliphatic carboxylic acids is 1. The molecule has 0 heterocycles. The summed E-state index contributed by atoms with van der Waals surface area (Å²) < 4.78 is 36.7. The first-order chi connectivity index (χ1) is 7.34. The van der Waals surface area contributed by atoms with E-state index in [1.807, 2.05) is 0 Å². The van der Waals surface area contributed by atoms with Crippen molar-refractivity contribution in [3.8, 4) is 0 Å². The van der Waals surface area contributed by atoms with Gasteiger partial charge in [-0.1, -0.05) is 23.7 Å².